The molecule has 0 aliphatic carbocycles. The van der Waals surface area contributed by atoms with Crippen LogP contribution in [-0.4, -0.2) is 59.5 Å². The second-order valence-corrected chi connectivity index (χ2v) is 5.47. The van der Waals surface area contributed by atoms with Crippen molar-refractivity contribution in [3.63, 3.8) is 0 Å². The van der Waals surface area contributed by atoms with Gasteiger partial charge in [-0.15, -0.1) is 0 Å². The van der Waals surface area contributed by atoms with Crippen LogP contribution in [0, 0.1) is 5.92 Å². The number of hydrogen-bond acceptors (Lipinski definition) is 3. The second-order valence-electron chi connectivity index (χ2n) is 5.47. The van der Waals surface area contributed by atoms with E-state index in [-0.39, 0.29) is 38.0 Å². The zero-order valence-electron chi connectivity index (χ0n) is 11.8. The Bertz CT molecular complexity index is 386. The first-order valence-corrected chi connectivity index (χ1v) is 6.42. The molecule has 1 aliphatic rings. The molecule has 1 rings (SSSR count). The maximum Gasteiger partial charge on any atom is 0.415 e. The van der Waals surface area contributed by atoms with E-state index in [0.717, 1.165) is 4.90 Å². The molecule has 0 bridgehead atoms. The maximum absolute atomic E-state index is 12.7. The van der Waals surface area contributed by atoms with Crippen LogP contribution in [0.25, 0.3) is 0 Å². The SMILES string of the molecule is CC(C)C(=O)N1CCN(C(=O)C(C)(N)C(F)(F)F)CC1. The molecule has 0 aromatic carbocycles. The number of nitrogens with zero attached hydrogens (tertiary/aromatic N) is 2. The Labute approximate surface area is 115 Å². The van der Waals surface area contributed by atoms with E-state index in [1.54, 1.807) is 18.7 Å². The highest BCUT2D eigenvalue weighted by Crippen LogP contribution is 2.29. The summed E-state index contributed by atoms with van der Waals surface area (Å²) in [5.74, 6) is -1.39. The summed E-state index contributed by atoms with van der Waals surface area (Å²) in [6, 6.07) is 0. The molecule has 0 aromatic rings. The number of carbonyl (C=O) groups is 2. The molecule has 0 spiro atoms. The topological polar surface area (TPSA) is 66.6 Å². The van der Waals surface area contributed by atoms with Crippen molar-refractivity contribution in [2.24, 2.45) is 11.7 Å². The smallest absolute Gasteiger partial charge is 0.339 e. The number of piperazine rings is 1. The fourth-order valence-corrected chi connectivity index (χ4v) is 1.94. The third kappa shape index (κ3) is 3.23. The molecule has 1 saturated heterocycles. The fraction of sp³-hybridized carbons (Fsp3) is 0.833. The van der Waals surface area contributed by atoms with Crippen molar-refractivity contribution in [3.05, 3.63) is 0 Å². The van der Waals surface area contributed by atoms with E-state index >= 15 is 0 Å². The molecule has 1 fully saturated rings. The van der Waals surface area contributed by atoms with Crippen molar-refractivity contribution in [1.82, 2.24) is 9.80 Å². The number of carbonyl (C=O) groups excluding carboxylic acids is 2. The third-order valence-corrected chi connectivity index (χ3v) is 3.41. The first-order valence-electron chi connectivity index (χ1n) is 6.42. The van der Waals surface area contributed by atoms with Crippen LogP contribution in [0.2, 0.25) is 0 Å². The van der Waals surface area contributed by atoms with Crippen molar-refractivity contribution >= 4 is 11.8 Å². The lowest BCUT2D eigenvalue weighted by atomic mass is 10.0. The molecule has 1 heterocycles. The van der Waals surface area contributed by atoms with Crippen molar-refractivity contribution < 1.29 is 22.8 Å². The molecule has 0 radical (unpaired) electrons. The average Bonchev–Trinajstić information content (AvgIpc) is 2.35. The van der Waals surface area contributed by atoms with Crippen LogP contribution in [0.4, 0.5) is 13.2 Å². The summed E-state index contributed by atoms with van der Waals surface area (Å²) in [6.07, 6.45) is -4.80. The molecule has 1 unspecified atom stereocenters. The fourth-order valence-electron chi connectivity index (χ4n) is 1.94. The highest BCUT2D eigenvalue weighted by molar-refractivity contribution is 5.87. The molecular formula is C12H20F3N3O2. The van der Waals surface area contributed by atoms with Crippen LogP contribution >= 0.6 is 0 Å². The Kier molecular flexibility index (Phi) is 4.68. The molecule has 2 N–H and O–H groups in total. The summed E-state index contributed by atoms with van der Waals surface area (Å²) in [5.41, 5.74) is 2.22. The Morgan fingerprint density at radius 1 is 1.05 bits per heavy atom. The number of nitrogens with two attached hydrogens (primary N) is 1. The Morgan fingerprint density at radius 3 is 1.80 bits per heavy atom. The van der Waals surface area contributed by atoms with E-state index in [2.05, 4.69) is 0 Å². The summed E-state index contributed by atoms with van der Waals surface area (Å²) in [5, 5.41) is 0. The van der Waals surface area contributed by atoms with Crippen molar-refractivity contribution in [1.29, 1.82) is 0 Å². The molecule has 1 aliphatic heterocycles. The van der Waals surface area contributed by atoms with E-state index in [9.17, 15) is 22.8 Å². The molecule has 2 amide bonds. The number of alkyl halides is 3. The van der Waals surface area contributed by atoms with Gasteiger partial charge in [-0.3, -0.25) is 9.59 Å². The molecule has 116 valence electrons. The zero-order valence-corrected chi connectivity index (χ0v) is 11.8. The molecule has 5 nitrogen and oxygen atoms in total. The lowest BCUT2D eigenvalue weighted by molar-refractivity contribution is -0.194. The predicted molar refractivity (Wildman–Crippen MR) is 66.6 cm³/mol. The number of halogens is 3. The van der Waals surface area contributed by atoms with Crippen LogP contribution < -0.4 is 5.73 Å². The monoisotopic (exact) mass is 295 g/mol. The number of rotatable bonds is 2. The summed E-state index contributed by atoms with van der Waals surface area (Å²) in [7, 11) is 0. The van der Waals surface area contributed by atoms with Crippen LogP contribution in [0.3, 0.4) is 0 Å². The highest BCUT2D eigenvalue weighted by atomic mass is 19.4. The Balaban J connectivity index is 2.67. The predicted octanol–water partition coefficient (Wildman–Crippen LogP) is 0.593. The molecule has 0 saturated carbocycles. The van der Waals surface area contributed by atoms with E-state index in [4.69, 9.17) is 5.73 Å². The Hall–Kier alpha value is -1.31. The standard InChI is InChI=1S/C12H20F3N3O2/c1-8(2)9(19)17-4-6-18(7-5-17)10(20)11(3,16)12(13,14)15/h8H,4-7,16H2,1-3H3. The first-order chi connectivity index (χ1) is 8.98. The summed E-state index contributed by atoms with van der Waals surface area (Å²) < 4.78 is 38.1. The zero-order chi connectivity index (χ0) is 15.7. The number of hydrogen-bond donors (Lipinski definition) is 1. The molecule has 20 heavy (non-hydrogen) atoms. The third-order valence-electron chi connectivity index (χ3n) is 3.41. The summed E-state index contributed by atoms with van der Waals surface area (Å²) in [4.78, 5) is 26.2. The minimum absolute atomic E-state index is 0.0663. The van der Waals surface area contributed by atoms with Crippen LogP contribution in [0.5, 0.6) is 0 Å². The Morgan fingerprint density at radius 2 is 1.45 bits per heavy atom. The van der Waals surface area contributed by atoms with E-state index in [1.807, 2.05) is 0 Å². The van der Waals surface area contributed by atoms with Gasteiger partial charge in [-0.2, -0.15) is 13.2 Å². The van der Waals surface area contributed by atoms with Crippen LogP contribution in [0.15, 0.2) is 0 Å². The van der Waals surface area contributed by atoms with Crippen molar-refractivity contribution in [2.45, 2.75) is 32.5 Å². The van der Waals surface area contributed by atoms with Gasteiger partial charge < -0.3 is 15.5 Å². The maximum atomic E-state index is 12.7. The normalized spacial score (nSPS) is 20.0. The molecular weight excluding hydrogens is 275 g/mol. The van der Waals surface area contributed by atoms with Gasteiger partial charge in [0.25, 0.3) is 5.91 Å². The minimum Gasteiger partial charge on any atom is -0.339 e. The highest BCUT2D eigenvalue weighted by Gasteiger charge is 2.55. The lowest BCUT2D eigenvalue weighted by Gasteiger charge is -2.39. The van der Waals surface area contributed by atoms with Gasteiger partial charge in [-0.05, 0) is 6.92 Å². The summed E-state index contributed by atoms with van der Waals surface area (Å²) in [6.45, 7) is 4.77. The van der Waals surface area contributed by atoms with E-state index in [1.165, 1.54) is 0 Å². The van der Waals surface area contributed by atoms with Gasteiger partial charge in [0.1, 0.15) is 0 Å². The quantitative estimate of drug-likeness (QED) is 0.811. The summed E-state index contributed by atoms with van der Waals surface area (Å²) >= 11 is 0. The van der Waals surface area contributed by atoms with Gasteiger partial charge in [0.15, 0.2) is 5.54 Å². The van der Waals surface area contributed by atoms with Gasteiger partial charge in [-0.1, -0.05) is 13.8 Å². The average molecular weight is 295 g/mol. The van der Waals surface area contributed by atoms with Gasteiger partial charge in [0.2, 0.25) is 5.91 Å². The first kappa shape index (κ1) is 16.7. The van der Waals surface area contributed by atoms with Crippen molar-refractivity contribution in [3.8, 4) is 0 Å². The van der Waals surface area contributed by atoms with Gasteiger partial charge in [-0.25, -0.2) is 0 Å². The lowest BCUT2D eigenvalue weighted by Crippen LogP contribution is -2.64. The van der Waals surface area contributed by atoms with E-state index < -0.39 is 17.6 Å². The van der Waals surface area contributed by atoms with Crippen molar-refractivity contribution in [2.75, 3.05) is 26.2 Å². The van der Waals surface area contributed by atoms with E-state index in [0.29, 0.717) is 6.92 Å². The van der Waals surface area contributed by atoms with Crippen LogP contribution in [0.1, 0.15) is 20.8 Å². The van der Waals surface area contributed by atoms with Gasteiger partial charge >= 0.3 is 6.18 Å². The van der Waals surface area contributed by atoms with Gasteiger partial charge in [0.05, 0.1) is 0 Å². The minimum atomic E-state index is -4.80. The van der Waals surface area contributed by atoms with Gasteiger partial charge in [0, 0.05) is 32.1 Å². The molecule has 1 atom stereocenters. The number of amides is 2. The molecule has 8 heteroatoms. The largest absolute Gasteiger partial charge is 0.415 e. The molecule has 0 aromatic heterocycles. The van der Waals surface area contributed by atoms with Crippen LogP contribution in [-0.2, 0) is 9.59 Å². The second kappa shape index (κ2) is 5.59.